The van der Waals surface area contributed by atoms with E-state index in [9.17, 15) is 4.79 Å². The van der Waals surface area contributed by atoms with E-state index in [0.29, 0.717) is 6.42 Å². The summed E-state index contributed by atoms with van der Waals surface area (Å²) < 4.78 is 0. The number of carboxylic acids is 1. The van der Waals surface area contributed by atoms with E-state index in [1.807, 2.05) is 38.4 Å². The second-order valence-corrected chi connectivity index (χ2v) is 3.18. The van der Waals surface area contributed by atoms with Gasteiger partial charge in [0.05, 0.1) is 0 Å². The topological polar surface area (TPSA) is 63.3 Å². The van der Waals surface area contributed by atoms with Gasteiger partial charge in [0.15, 0.2) is 0 Å². The minimum atomic E-state index is -0.962. The molecule has 0 fully saturated rings. The summed E-state index contributed by atoms with van der Waals surface area (Å²) in [6.07, 6.45) is 0.374. The maximum atomic E-state index is 10.5. The summed E-state index contributed by atoms with van der Waals surface area (Å²) in [6.45, 7) is 1.96. The van der Waals surface area contributed by atoms with Gasteiger partial charge in [-0.3, -0.25) is 4.79 Å². The first-order valence-corrected chi connectivity index (χ1v) is 4.50. The minimum absolute atomic E-state index is 0.374. The lowest BCUT2D eigenvalue weighted by Crippen LogP contribution is -2.32. The highest BCUT2D eigenvalue weighted by Gasteiger charge is 2.11. The van der Waals surface area contributed by atoms with Gasteiger partial charge in [-0.25, -0.2) is 0 Å². The Hall–Kier alpha value is -1.29. The van der Waals surface area contributed by atoms with Gasteiger partial charge < -0.3 is 10.8 Å². The van der Waals surface area contributed by atoms with Crippen LogP contribution in [0.15, 0.2) is 24.3 Å². The molecule has 0 heterocycles. The molecule has 0 saturated heterocycles. The summed E-state index contributed by atoms with van der Waals surface area (Å²) in [6, 6.07) is 6.89. The van der Waals surface area contributed by atoms with Gasteiger partial charge >= 0.3 is 5.97 Å². The van der Waals surface area contributed by atoms with Crippen LogP contribution in [-0.4, -0.2) is 24.4 Å². The van der Waals surface area contributed by atoms with Crippen molar-refractivity contribution >= 4 is 18.7 Å². The Morgan fingerprint density at radius 3 is 2.50 bits per heavy atom. The average Bonchev–Trinajstić information content (AvgIpc) is 2.19. The summed E-state index contributed by atoms with van der Waals surface area (Å²) in [5, 5.41) is 8.61. The van der Waals surface area contributed by atoms with Crippen molar-refractivity contribution in [2.75, 3.05) is 0 Å². The van der Waals surface area contributed by atoms with Gasteiger partial charge in [-0.2, -0.15) is 0 Å². The third kappa shape index (κ3) is 2.89. The van der Waals surface area contributed by atoms with Gasteiger partial charge in [-0.15, -0.1) is 0 Å². The number of aliphatic carboxylic acids is 1. The number of benzene rings is 1. The van der Waals surface area contributed by atoms with Crippen LogP contribution in [0.2, 0.25) is 6.82 Å². The highest BCUT2D eigenvalue weighted by molar-refractivity contribution is 6.51. The van der Waals surface area contributed by atoms with E-state index >= 15 is 0 Å². The zero-order chi connectivity index (χ0) is 10.6. The van der Waals surface area contributed by atoms with Crippen LogP contribution in [0, 0.1) is 0 Å². The van der Waals surface area contributed by atoms with Gasteiger partial charge in [0, 0.05) is 0 Å². The molecule has 1 rings (SSSR count). The van der Waals surface area contributed by atoms with Crippen molar-refractivity contribution < 1.29 is 9.90 Å². The highest BCUT2D eigenvalue weighted by Crippen LogP contribution is 2.00. The summed E-state index contributed by atoms with van der Waals surface area (Å²) in [4.78, 5) is 10.5. The van der Waals surface area contributed by atoms with Crippen LogP contribution in [0.4, 0.5) is 0 Å². The molecular weight excluding hydrogens is 177 g/mol. The van der Waals surface area contributed by atoms with Crippen LogP contribution < -0.4 is 11.2 Å². The molecule has 0 aromatic heterocycles. The summed E-state index contributed by atoms with van der Waals surface area (Å²) >= 11 is 0. The molecule has 3 nitrogen and oxygen atoms in total. The number of nitrogens with two attached hydrogens (primary N) is 1. The quantitative estimate of drug-likeness (QED) is 0.657. The molecule has 0 aliphatic heterocycles. The van der Waals surface area contributed by atoms with E-state index in [-0.39, 0.29) is 0 Å². The lowest BCUT2D eigenvalue weighted by Gasteiger charge is -2.06. The van der Waals surface area contributed by atoms with Crippen LogP contribution >= 0.6 is 0 Å². The average molecular weight is 190 g/mol. The molecule has 0 saturated carbocycles. The van der Waals surface area contributed by atoms with Crippen LogP contribution in [0.1, 0.15) is 5.56 Å². The molecule has 1 aromatic carbocycles. The summed E-state index contributed by atoms with van der Waals surface area (Å²) in [7, 11) is 1.99. The number of hydrogen-bond donors (Lipinski definition) is 2. The van der Waals surface area contributed by atoms with Gasteiger partial charge in [0.2, 0.25) is 0 Å². The Labute approximate surface area is 84.2 Å². The van der Waals surface area contributed by atoms with Crippen molar-refractivity contribution in [1.82, 2.24) is 0 Å². The maximum absolute atomic E-state index is 10.5. The van der Waals surface area contributed by atoms with Gasteiger partial charge in [0.1, 0.15) is 13.3 Å². The molecule has 1 radical (unpaired) electrons. The molecule has 0 bridgehead atoms. The van der Waals surface area contributed by atoms with Gasteiger partial charge in [0.25, 0.3) is 0 Å². The van der Waals surface area contributed by atoms with Crippen molar-refractivity contribution in [3.05, 3.63) is 29.8 Å². The van der Waals surface area contributed by atoms with Crippen molar-refractivity contribution in [3.63, 3.8) is 0 Å². The number of rotatable bonds is 4. The first-order valence-electron chi connectivity index (χ1n) is 4.50. The molecule has 1 atom stereocenters. The van der Waals surface area contributed by atoms with E-state index in [4.69, 9.17) is 10.8 Å². The van der Waals surface area contributed by atoms with Gasteiger partial charge in [-0.05, 0) is 12.0 Å². The Balaban J connectivity index is 2.64. The molecule has 0 aliphatic carbocycles. The maximum Gasteiger partial charge on any atom is 0.320 e. The highest BCUT2D eigenvalue weighted by atomic mass is 16.4. The van der Waals surface area contributed by atoms with E-state index in [2.05, 4.69) is 0 Å². The van der Waals surface area contributed by atoms with Crippen LogP contribution in [0.5, 0.6) is 0 Å². The second kappa shape index (κ2) is 4.81. The molecule has 73 valence electrons. The first kappa shape index (κ1) is 10.8. The fourth-order valence-electron chi connectivity index (χ4n) is 1.19. The second-order valence-electron chi connectivity index (χ2n) is 3.18. The molecule has 4 heteroatoms. The molecule has 0 amide bonds. The number of carboxylic acid groups (broad SMARTS) is 1. The normalized spacial score (nSPS) is 12.1. The van der Waals surface area contributed by atoms with E-state index in [1.165, 1.54) is 0 Å². The summed E-state index contributed by atoms with van der Waals surface area (Å²) in [5.74, 6) is -0.962. The zero-order valence-electron chi connectivity index (χ0n) is 8.10. The van der Waals surface area contributed by atoms with E-state index < -0.39 is 12.0 Å². The molecule has 14 heavy (non-hydrogen) atoms. The molecule has 0 spiro atoms. The number of carbonyl (C=O) groups is 1. The van der Waals surface area contributed by atoms with Crippen molar-refractivity contribution in [2.45, 2.75) is 19.3 Å². The smallest absolute Gasteiger partial charge is 0.320 e. The van der Waals surface area contributed by atoms with Crippen molar-refractivity contribution in [3.8, 4) is 0 Å². The summed E-state index contributed by atoms with van der Waals surface area (Å²) in [5.41, 5.74) is 7.48. The monoisotopic (exact) mass is 190 g/mol. The third-order valence-electron chi connectivity index (χ3n) is 2.09. The predicted octanol–water partition coefficient (Wildman–Crippen LogP) is 0.0186. The fraction of sp³-hybridized carbons (Fsp3) is 0.300. The molecule has 1 aromatic rings. The molecule has 0 unspecified atom stereocenters. The van der Waals surface area contributed by atoms with E-state index in [1.54, 1.807) is 0 Å². The fourth-order valence-corrected chi connectivity index (χ4v) is 1.19. The zero-order valence-corrected chi connectivity index (χ0v) is 8.10. The largest absolute Gasteiger partial charge is 0.480 e. The SMILES string of the molecule is C[B]c1ccc(C[C@H](N)C(=O)O)cc1. The molecular formula is C10H13BNO2. The lowest BCUT2D eigenvalue weighted by atomic mass is 9.73. The van der Waals surface area contributed by atoms with E-state index in [0.717, 1.165) is 11.0 Å². The standard InChI is InChI=1S/C10H13BNO2/c1-11-8-4-2-7(3-5-8)6-9(12)10(13)14/h2-5,9H,6,12H2,1H3,(H,13,14)/t9-/m0/s1. The Bertz CT molecular complexity index is 310. The van der Waals surface area contributed by atoms with Crippen LogP contribution in [0.25, 0.3) is 0 Å². The first-order chi connectivity index (χ1) is 6.63. The Morgan fingerprint density at radius 1 is 1.50 bits per heavy atom. The molecule has 3 N–H and O–H groups in total. The van der Waals surface area contributed by atoms with Crippen molar-refractivity contribution in [2.24, 2.45) is 5.73 Å². The van der Waals surface area contributed by atoms with Crippen LogP contribution in [-0.2, 0) is 11.2 Å². The van der Waals surface area contributed by atoms with Crippen molar-refractivity contribution in [1.29, 1.82) is 0 Å². The third-order valence-corrected chi connectivity index (χ3v) is 2.09. The van der Waals surface area contributed by atoms with Crippen LogP contribution in [0.3, 0.4) is 0 Å². The Morgan fingerprint density at radius 2 is 2.07 bits per heavy atom. The number of hydrogen-bond acceptors (Lipinski definition) is 2. The lowest BCUT2D eigenvalue weighted by molar-refractivity contribution is -0.138. The Kier molecular flexibility index (Phi) is 3.71. The van der Waals surface area contributed by atoms with Gasteiger partial charge in [-0.1, -0.05) is 36.6 Å². The minimum Gasteiger partial charge on any atom is -0.480 e. The molecule has 0 aliphatic rings. The predicted molar refractivity (Wildman–Crippen MR) is 57.0 cm³/mol.